The smallest absolute Gasteiger partial charge is 0.126 e. The van der Waals surface area contributed by atoms with E-state index in [4.69, 9.17) is 4.74 Å². The summed E-state index contributed by atoms with van der Waals surface area (Å²) < 4.78 is 6.19. The molecule has 22 heavy (non-hydrogen) atoms. The fourth-order valence-electron chi connectivity index (χ4n) is 3.13. The van der Waals surface area contributed by atoms with Gasteiger partial charge in [-0.1, -0.05) is 62.1 Å². The Bertz CT molecular complexity index is 950. The highest BCUT2D eigenvalue weighted by atomic mass is 28.3. The van der Waals surface area contributed by atoms with Gasteiger partial charge in [0.05, 0.1) is 14.3 Å². The molecular weight excluding hydrogens is 284 g/mol. The number of benzene rings is 4. The van der Waals surface area contributed by atoms with Gasteiger partial charge in [-0.2, -0.15) is 0 Å². The summed E-state index contributed by atoms with van der Waals surface area (Å²) in [6, 6.07) is 19.7. The van der Waals surface area contributed by atoms with Crippen LogP contribution in [0.25, 0.3) is 32.3 Å². The highest BCUT2D eigenvalue weighted by Crippen LogP contribution is 2.38. The third kappa shape index (κ3) is 2.15. The lowest BCUT2D eigenvalue weighted by atomic mass is 9.94. The second-order valence-corrected chi connectivity index (χ2v) is 12.7. The summed E-state index contributed by atoms with van der Waals surface area (Å²) in [7, 11) is -1.23. The van der Waals surface area contributed by atoms with Gasteiger partial charge in [-0.25, -0.2) is 0 Å². The molecule has 0 aromatic heterocycles. The van der Waals surface area contributed by atoms with Crippen LogP contribution in [0.3, 0.4) is 0 Å². The molecule has 0 heterocycles. The highest BCUT2D eigenvalue weighted by Gasteiger charge is 2.16. The zero-order valence-electron chi connectivity index (χ0n) is 13.3. The van der Waals surface area contributed by atoms with Gasteiger partial charge in [0.2, 0.25) is 0 Å². The Balaban J connectivity index is 2.00. The molecule has 110 valence electrons. The third-order valence-corrected chi connectivity index (χ3v) is 5.16. The van der Waals surface area contributed by atoms with Crippen molar-refractivity contribution < 1.29 is 4.74 Å². The Kier molecular flexibility index (Phi) is 2.91. The first-order valence-electron chi connectivity index (χ1n) is 7.82. The molecule has 0 spiro atoms. The van der Waals surface area contributed by atoms with E-state index in [2.05, 4.69) is 74.2 Å². The third-order valence-electron chi connectivity index (χ3n) is 4.15. The van der Waals surface area contributed by atoms with Crippen molar-refractivity contribution in [3.8, 4) is 5.75 Å². The van der Waals surface area contributed by atoms with Gasteiger partial charge in [-0.15, -0.1) is 0 Å². The molecule has 0 saturated heterocycles. The summed E-state index contributed by atoms with van der Waals surface area (Å²) in [6.07, 6.45) is 0.858. The molecule has 0 saturated carbocycles. The summed E-state index contributed by atoms with van der Waals surface area (Å²) in [4.78, 5) is 0. The van der Waals surface area contributed by atoms with Crippen LogP contribution in [0.1, 0.15) is 0 Å². The van der Waals surface area contributed by atoms with Crippen molar-refractivity contribution in [3.05, 3.63) is 54.6 Å². The second-order valence-electron chi connectivity index (χ2n) is 7.27. The van der Waals surface area contributed by atoms with Crippen LogP contribution in [0.4, 0.5) is 0 Å². The molecule has 0 fully saturated rings. The topological polar surface area (TPSA) is 9.23 Å². The van der Waals surface area contributed by atoms with Crippen LogP contribution >= 0.6 is 0 Å². The normalized spacial score (nSPS) is 12.5. The van der Waals surface area contributed by atoms with Crippen LogP contribution in [-0.2, 0) is 0 Å². The fourth-order valence-corrected chi connectivity index (χ4v) is 3.72. The zero-order chi connectivity index (χ0) is 15.3. The van der Waals surface area contributed by atoms with E-state index in [0.29, 0.717) is 0 Å². The van der Waals surface area contributed by atoms with Gasteiger partial charge in [0.1, 0.15) is 5.75 Å². The van der Waals surface area contributed by atoms with Gasteiger partial charge in [0.25, 0.3) is 0 Å². The van der Waals surface area contributed by atoms with Crippen molar-refractivity contribution in [1.82, 2.24) is 0 Å². The molecule has 0 N–H and O–H groups in total. The minimum absolute atomic E-state index is 0.858. The summed E-state index contributed by atoms with van der Waals surface area (Å²) in [5.74, 6) is 1.02. The van der Waals surface area contributed by atoms with Gasteiger partial charge in [0, 0.05) is 10.8 Å². The molecule has 4 rings (SSSR count). The molecule has 1 nitrogen and oxygen atoms in total. The number of hydrogen-bond acceptors (Lipinski definition) is 1. The Morgan fingerprint density at radius 3 is 2.00 bits per heavy atom. The molecule has 0 aliphatic heterocycles. The SMILES string of the molecule is C[Si](C)(C)COc1ccc2ccc3cccc4ccc1c2c34. The maximum Gasteiger partial charge on any atom is 0.126 e. The van der Waals surface area contributed by atoms with E-state index in [1.807, 2.05) is 0 Å². The predicted octanol–water partition coefficient (Wildman–Crippen LogP) is 5.84. The molecule has 0 aliphatic carbocycles. The highest BCUT2D eigenvalue weighted by molar-refractivity contribution is 6.76. The molecule has 0 unspecified atom stereocenters. The molecule has 2 heteroatoms. The number of ether oxygens (including phenoxy) is 1. The first kappa shape index (κ1) is 13.6. The van der Waals surface area contributed by atoms with Crippen LogP contribution in [0.15, 0.2) is 54.6 Å². The minimum atomic E-state index is -1.23. The van der Waals surface area contributed by atoms with Crippen molar-refractivity contribution in [2.45, 2.75) is 19.6 Å². The zero-order valence-corrected chi connectivity index (χ0v) is 14.3. The number of hydrogen-bond donors (Lipinski definition) is 0. The largest absolute Gasteiger partial charge is 0.497 e. The van der Waals surface area contributed by atoms with E-state index >= 15 is 0 Å². The lowest BCUT2D eigenvalue weighted by Gasteiger charge is -2.19. The van der Waals surface area contributed by atoms with E-state index in [1.54, 1.807) is 0 Å². The van der Waals surface area contributed by atoms with Crippen molar-refractivity contribution in [1.29, 1.82) is 0 Å². The van der Waals surface area contributed by atoms with Gasteiger partial charge in [0.15, 0.2) is 0 Å². The standard InChI is InChI=1S/C20H20OSi/c1-22(2,3)13-21-18-12-10-16-8-7-14-5-4-6-15-9-11-17(18)20(16)19(14)15/h4-12H,13H2,1-3H3. The van der Waals surface area contributed by atoms with Crippen molar-refractivity contribution in [3.63, 3.8) is 0 Å². The van der Waals surface area contributed by atoms with Crippen LogP contribution < -0.4 is 4.74 Å². The van der Waals surface area contributed by atoms with E-state index < -0.39 is 8.07 Å². The van der Waals surface area contributed by atoms with Gasteiger partial charge >= 0.3 is 0 Å². The van der Waals surface area contributed by atoms with E-state index in [9.17, 15) is 0 Å². The average Bonchev–Trinajstić information content (AvgIpc) is 2.50. The number of rotatable bonds is 3. The van der Waals surface area contributed by atoms with Gasteiger partial charge in [-0.3, -0.25) is 0 Å². The molecule has 0 atom stereocenters. The predicted molar refractivity (Wildman–Crippen MR) is 99.0 cm³/mol. The molecule has 0 aliphatic rings. The summed E-state index contributed by atoms with van der Waals surface area (Å²) in [5.41, 5.74) is 0. The first-order chi connectivity index (χ1) is 10.5. The molecule has 0 radical (unpaired) electrons. The van der Waals surface area contributed by atoms with Gasteiger partial charge < -0.3 is 4.74 Å². The fraction of sp³-hybridized carbons (Fsp3) is 0.200. The Labute approximate surface area is 131 Å². The minimum Gasteiger partial charge on any atom is -0.497 e. The van der Waals surface area contributed by atoms with Crippen LogP contribution in [-0.4, -0.2) is 14.3 Å². The van der Waals surface area contributed by atoms with Crippen molar-refractivity contribution in [2.75, 3.05) is 6.23 Å². The van der Waals surface area contributed by atoms with E-state index in [1.165, 1.54) is 32.3 Å². The van der Waals surface area contributed by atoms with E-state index in [0.717, 1.165) is 12.0 Å². The monoisotopic (exact) mass is 304 g/mol. The van der Waals surface area contributed by atoms with Crippen LogP contribution in [0.2, 0.25) is 19.6 Å². The van der Waals surface area contributed by atoms with Crippen molar-refractivity contribution in [2.24, 2.45) is 0 Å². The van der Waals surface area contributed by atoms with Crippen LogP contribution in [0.5, 0.6) is 5.75 Å². The van der Waals surface area contributed by atoms with Crippen LogP contribution in [0, 0.1) is 0 Å². The average molecular weight is 304 g/mol. The van der Waals surface area contributed by atoms with E-state index in [-0.39, 0.29) is 0 Å². The molecule has 0 bridgehead atoms. The van der Waals surface area contributed by atoms with Crippen molar-refractivity contribution >= 4 is 40.4 Å². The first-order valence-corrected chi connectivity index (χ1v) is 11.5. The molecule has 4 aromatic carbocycles. The maximum absolute atomic E-state index is 6.19. The molecule has 0 amide bonds. The summed E-state index contributed by atoms with van der Waals surface area (Å²) in [6.45, 7) is 7.01. The lowest BCUT2D eigenvalue weighted by Crippen LogP contribution is -2.30. The lowest BCUT2D eigenvalue weighted by molar-refractivity contribution is 0.383. The Morgan fingerprint density at radius 2 is 1.32 bits per heavy atom. The Hall–Kier alpha value is -2.06. The molecular formula is C20H20OSi. The second kappa shape index (κ2) is 4.72. The Morgan fingerprint density at radius 1 is 0.727 bits per heavy atom. The summed E-state index contributed by atoms with van der Waals surface area (Å²) in [5, 5.41) is 7.83. The molecule has 4 aromatic rings. The quantitative estimate of drug-likeness (QED) is 0.341. The summed E-state index contributed by atoms with van der Waals surface area (Å²) >= 11 is 0. The van der Waals surface area contributed by atoms with Gasteiger partial charge in [-0.05, 0) is 33.7 Å². The maximum atomic E-state index is 6.19.